The van der Waals surface area contributed by atoms with E-state index in [0.29, 0.717) is 33.0 Å². The number of carbonyl (C=O) groups is 1. The largest absolute Gasteiger partial charge is 0.379 e. The second kappa shape index (κ2) is 14.0. The molecule has 0 spiro atoms. The molecule has 0 heterocycles. The van der Waals surface area contributed by atoms with Crippen LogP contribution in [-0.4, -0.2) is 45.4 Å². The molecular weight excluding hydrogens is 244 g/mol. The fourth-order valence-electron chi connectivity index (χ4n) is 1.71. The Kier molecular flexibility index (Phi) is 13.6. The van der Waals surface area contributed by atoms with Crippen LogP contribution in [0.15, 0.2) is 0 Å². The van der Waals surface area contributed by atoms with Crippen LogP contribution in [-0.2, 0) is 19.0 Å². The number of Topliss-reactive ketones (excluding diaryl/α,β-unsaturated/α-hetero) is 1. The van der Waals surface area contributed by atoms with Crippen LogP contribution in [0.5, 0.6) is 0 Å². The first-order valence-electron chi connectivity index (χ1n) is 7.46. The zero-order valence-electron chi connectivity index (χ0n) is 12.8. The number of unbranched alkanes of at least 4 members (excludes halogenated alkanes) is 1. The maximum atomic E-state index is 11.2. The van der Waals surface area contributed by atoms with Gasteiger partial charge < -0.3 is 14.2 Å². The first kappa shape index (κ1) is 18.6. The molecule has 0 rings (SSSR count). The van der Waals surface area contributed by atoms with Crippen molar-refractivity contribution in [2.24, 2.45) is 5.92 Å². The zero-order valence-corrected chi connectivity index (χ0v) is 12.8. The molecule has 0 radical (unpaired) electrons. The number of ether oxygens (including phenoxy) is 3. The summed E-state index contributed by atoms with van der Waals surface area (Å²) in [5.41, 5.74) is 0. The fraction of sp³-hybridized carbons (Fsp3) is 0.933. The molecule has 0 N–H and O–H groups in total. The SMILES string of the molecule is CCCCOCCOCCOCCC(CC)C(C)=O. The van der Waals surface area contributed by atoms with E-state index in [1.807, 2.05) is 6.92 Å². The molecule has 0 saturated heterocycles. The first-order chi connectivity index (χ1) is 9.22. The molecule has 1 atom stereocenters. The topological polar surface area (TPSA) is 44.8 Å². The number of hydrogen-bond acceptors (Lipinski definition) is 4. The van der Waals surface area contributed by atoms with Crippen LogP contribution >= 0.6 is 0 Å². The second-order valence-corrected chi connectivity index (χ2v) is 4.70. The normalized spacial score (nSPS) is 12.6. The highest BCUT2D eigenvalue weighted by molar-refractivity contribution is 5.78. The Balaban J connectivity index is 3.16. The molecule has 0 aromatic heterocycles. The Morgan fingerprint density at radius 3 is 1.89 bits per heavy atom. The Hall–Kier alpha value is -0.450. The summed E-state index contributed by atoms with van der Waals surface area (Å²) in [5, 5.41) is 0. The van der Waals surface area contributed by atoms with Gasteiger partial charge >= 0.3 is 0 Å². The van der Waals surface area contributed by atoms with Gasteiger partial charge in [0.05, 0.1) is 26.4 Å². The molecule has 0 aliphatic carbocycles. The van der Waals surface area contributed by atoms with Gasteiger partial charge in [0.15, 0.2) is 0 Å². The molecule has 19 heavy (non-hydrogen) atoms. The van der Waals surface area contributed by atoms with E-state index < -0.39 is 0 Å². The lowest BCUT2D eigenvalue weighted by Crippen LogP contribution is -2.14. The lowest BCUT2D eigenvalue weighted by atomic mass is 9.99. The van der Waals surface area contributed by atoms with Gasteiger partial charge in [-0.05, 0) is 26.2 Å². The van der Waals surface area contributed by atoms with E-state index in [2.05, 4.69) is 6.92 Å². The van der Waals surface area contributed by atoms with Gasteiger partial charge in [-0.25, -0.2) is 0 Å². The van der Waals surface area contributed by atoms with Crippen LogP contribution in [0.25, 0.3) is 0 Å². The summed E-state index contributed by atoms with van der Waals surface area (Å²) in [6.07, 6.45) is 3.97. The van der Waals surface area contributed by atoms with Crippen molar-refractivity contribution >= 4 is 5.78 Å². The van der Waals surface area contributed by atoms with Crippen molar-refractivity contribution in [3.63, 3.8) is 0 Å². The van der Waals surface area contributed by atoms with E-state index in [-0.39, 0.29) is 11.7 Å². The van der Waals surface area contributed by atoms with Crippen LogP contribution in [0, 0.1) is 5.92 Å². The highest BCUT2D eigenvalue weighted by atomic mass is 16.5. The highest BCUT2D eigenvalue weighted by Crippen LogP contribution is 2.09. The van der Waals surface area contributed by atoms with E-state index in [1.165, 1.54) is 0 Å². The van der Waals surface area contributed by atoms with Crippen LogP contribution < -0.4 is 0 Å². The van der Waals surface area contributed by atoms with Crippen LogP contribution in [0.3, 0.4) is 0 Å². The van der Waals surface area contributed by atoms with Gasteiger partial charge in [0, 0.05) is 19.1 Å². The molecule has 0 saturated carbocycles. The van der Waals surface area contributed by atoms with Crippen LogP contribution in [0.4, 0.5) is 0 Å². The monoisotopic (exact) mass is 274 g/mol. The first-order valence-corrected chi connectivity index (χ1v) is 7.46. The van der Waals surface area contributed by atoms with Crippen molar-refractivity contribution in [2.45, 2.75) is 46.5 Å². The Labute approximate surface area is 117 Å². The number of carbonyl (C=O) groups excluding carboxylic acids is 1. The van der Waals surface area contributed by atoms with Gasteiger partial charge in [0.2, 0.25) is 0 Å². The second-order valence-electron chi connectivity index (χ2n) is 4.70. The lowest BCUT2D eigenvalue weighted by Gasteiger charge is -2.11. The molecule has 4 heteroatoms. The summed E-state index contributed by atoms with van der Waals surface area (Å²) in [6.45, 7) is 9.74. The summed E-state index contributed by atoms with van der Waals surface area (Å²) in [7, 11) is 0. The minimum Gasteiger partial charge on any atom is -0.379 e. The van der Waals surface area contributed by atoms with Gasteiger partial charge in [-0.3, -0.25) is 4.79 Å². The van der Waals surface area contributed by atoms with Crippen molar-refractivity contribution < 1.29 is 19.0 Å². The number of rotatable bonds is 14. The number of hydrogen-bond donors (Lipinski definition) is 0. The van der Waals surface area contributed by atoms with E-state index in [4.69, 9.17) is 14.2 Å². The molecule has 0 amide bonds. The summed E-state index contributed by atoms with van der Waals surface area (Å²) in [6, 6.07) is 0. The summed E-state index contributed by atoms with van der Waals surface area (Å²) in [4.78, 5) is 11.2. The van der Waals surface area contributed by atoms with Gasteiger partial charge in [0.1, 0.15) is 5.78 Å². The highest BCUT2D eigenvalue weighted by Gasteiger charge is 2.10. The molecule has 114 valence electrons. The third-order valence-electron chi connectivity index (χ3n) is 3.06. The van der Waals surface area contributed by atoms with Crippen LogP contribution in [0.1, 0.15) is 46.5 Å². The van der Waals surface area contributed by atoms with Crippen LogP contribution in [0.2, 0.25) is 0 Å². The summed E-state index contributed by atoms with van der Waals surface area (Å²) >= 11 is 0. The Bertz CT molecular complexity index is 206. The molecule has 0 aliphatic heterocycles. The van der Waals surface area contributed by atoms with Gasteiger partial charge in [-0.15, -0.1) is 0 Å². The Morgan fingerprint density at radius 1 is 0.895 bits per heavy atom. The van der Waals surface area contributed by atoms with E-state index in [0.717, 1.165) is 32.3 Å². The lowest BCUT2D eigenvalue weighted by molar-refractivity contribution is -0.121. The van der Waals surface area contributed by atoms with Gasteiger partial charge in [-0.2, -0.15) is 0 Å². The smallest absolute Gasteiger partial charge is 0.132 e. The van der Waals surface area contributed by atoms with Gasteiger partial charge in [0.25, 0.3) is 0 Å². The van der Waals surface area contributed by atoms with E-state index >= 15 is 0 Å². The average Bonchev–Trinajstić information content (AvgIpc) is 2.40. The number of ketones is 1. The van der Waals surface area contributed by atoms with E-state index in [1.54, 1.807) is 6.92 Å². The van der Waals surface area contributed by atoms with Crippen molar-refractivity contribution in [1.29, 1.82) is 0 Å². The molecule has 1 unspecified atom stereocenters. The predicted molar refractivity (Wildman–Crippen MR) is 76.4 cm³/mol. The molecule has 0 fully saturated rings. The molecule has 0 aliphatic rings. The molecule has 0 aromatic carbocycles. The van der Waals surface area contributed by atoms with Crippen molar-refractivity contribution in [3.05, 3.63) is 0 Å². The van der Waals surface area contributed by atoms with Crippen molar-refractivity contribution in [2.75, 3.05) is 39.6 Å². The van der Waals surface area contributed by atoms with E-state index in [9.17, 15) is 4.79 Å². The maximum Gasteiger partial charge on any atom is 0.132 e. The maximum absolute atomic E-state index is 11.2. The van der Waals surface area contributed by atoms with Crippen molar-refractivity contribution in [1.82, 2.24) is 0 Å². The van der Waals surface area contributed by atoms with Crippen molar-refractivity contribution in [3.8, 4) is 0 Å². The summed E-state index contributed by atoms with van der Waals surface area (Å²) in [5.74, 6) is 0.402. The molecule has 4 nitrogen and oxygen atoms in total. The zero-order chi connectivity index (χ0) is 14.3. The standard InChI is InChI=1S/C15H30O4/c1-4-6-8-17-10-12-19-13-11-18-9-7-15(5-2)14(3)16/h15H,4-13H2,1-3H3. The Morgan fingerprint density at radius 2 is 1.42 bits per heavy atom. The van der Waals surface area contributed by atoms with Gasteiger partial charge in [-0.1, -0.05) is 20.3 Å². The minimum absolute atomic E-state index is 0.146. The summed E-state index contributed by atoms with van der Waals surface area (Å²) < 4.78 is 16.2. The quantitative estimate of drug-likeness (QED) is 0.457. The third-order valence-corrected chi connectivity index (χ3v) is 3.06. The average molecular weight is 274 g/mol. The molecule has 0 aromatic rings. The molecule has 0 bridgehead atoms. The minimum atomic E-state index is 0.146. The predicted octanol–water partition coefficient (Wildman–Crippen LogP) is 2.84. The third kappa shape index (κ3) is 12.3. The fourth-order valence-corrected chi connectivity index (χ4v) is 1.71. The molecular formula is C15H30O4.